The van der Waals surface area contributed by atoms with Gasteiger partial charge in [-0.2, -0.15) is 16.4 Å². The topological polar surface area (TPSA) is 58.4 Å². The summed E-state index contributed by atoms with van der Waals surface area (Å²) in [5, 5.41) is 7.92. The molecule has 2 aromatic rings. The molecule has 4 heterocycles. The second-order valence-corrected chi connectivity index (χ2v) is 7.13. The number of anilines is 1. The Labute approximate surface area is 138 Å². The number of aromatic nitrogens is 2. The van der Waals surface area contributed by atoms with Gasteiger partial charge in [0.1, 0.15) is 0 Å². The maximum atomic E-state index is 12.9. The van der Waals surface area contributed by atoms with E-state index in [1.807, 2.05) is 39.9 Å². The number of hydrogen-bond donors (Lipinski definition) is 0. The summed E-state index contributed by atoms with van der Waals surface area (Å²) in [5.41, 5.74) is 1.15. The van der Waals surface area contributed by atoms with E-state index in [0.29, 0.717) is 19.6 Å². The molecule has 0 aromatic carbocycles. The molecular weight excluding hydrogens is 312 g/mol. The summed E-state index contributed by atoms with van der Waals surface area (Å²) in [6, 6.07) is 1.84. The van der Waals surface area contributed by atoms with Gasteiger partial charge in [-0.1, -0.05) is 0 Å². The lowest BCUT2D eigenvalue weighted by molar-refractivity contribution is -0.124. The molecule has 6 nitrogen and oxygen atoms in total. The zero-order chi connectivity index (χ0) is 16.0. The molecule has 7 heteroatoms. The van der Waals surface area contributed by atoms with E-state index in [0.717, 1.165) is 24.1 Å². The van der Waals surface area contributed by atoms with Crippen molar-refractivity contribution in [2.75, 3.05) is 24.5 Å². The minimum absolute atomic E-state index is 0.0377. The second-order valence-electron chi connectivity index (χ2n) is 6.35. The van der Waals surface area contributed by atoms with E-state index in [1.54, 1.807) is 10.9 Å². The van der Waals surface area contributed by atoms with Crippen molar-refractivity contribution >= 4 is 28.8 Å². The third kappa shape index (κ3) is 2.26. The van der Waals surface area contributed by atoms with Crippen LogP contribution in [-0.4, -0.2) is 46.1 Å². The van der Waals surface area contributed by atoms with Crippen LogP contribution in [0.15, 0.2) is 29.2 Å². The monoisotopic (exact) mass is 330 g/mol. The van der Waals surface area contributed by atoms with E-state index in [9.17, 15) is 9.59 Å². The van der Waals surface area contributed by atoms with Crippen LogP contribution in [0.1, 0.15) is 23.2 Å². The Hall–Kier alpha value is -2.15. The molecule has 2 aliphatic rings. The lowest BCUT2D eigenvalue weighted by Gasteiger charge is -2.23. The van der Waals surface area contributed by atoms with Crippen LogP contribution < -0.4 is 4.90 Å². The molecule has 120 valence electrons. The molecule has 4 rings (SSSR count). The van der Waals surface area contributed by atoms with Crippen LogP contribution in [0.2, 0.25) is 0 Å². The Kier molecular flexibility index (Phi) is 3.26. The fraction of sp³-hybridized carbons (Fsp3) is 0.438. The van der Waals surface area contributed by atoms with E-state index in [4.69, 9.17) is 0 Å². The molecular formula is C16H18N4O2S. The summed E-state index contributed by atoms with van der Waals surface area (Å²) in [4.78, 5) is 29.1. The molecule has 0 N–H and O–H groups in total. The molecule has 2 fully saturated rings. The smallest absolute Gasteiger partial charge is 0.254 e. The molecule has 2 amide bonds. The van der Waals surface area contributed by atoms with Gasteiger partial charge < -0.3 is 9.80 Å². The minimum Gasteiger partial charge on any atom is -0.338 e. The second kappa shape index (κ2) is 5.19. The number of carbonyl (C=O) groups excluding carboxylic acids is 2. The summed E-state index contributed by atoms with van der Waals surface area (Å²) >= 11 is 1.52. The Bertz CT molecular complexity index is 754. The van der Waals surface area contributed by atoms with Gasteiger partial charge in [0.05, 0.1) is 22.9 Å². The third-order valence-corrected chi connectivity index (χ3v) is 5.61. The highest BCUT2D eigenvalue weighted by Crippen LogP contribution is 2.42. The lowest BCUT2D eigenvalue weighted by Crippen LogP contribution is -2.38. The van der Waals surface area contributed by atoms with Crippen LogP contribution in [0, 0.1) is 5.41 Å². The van der Waals surface area contributed by atoms with Gasteiger partial charge in [-0.05, 0) is 24.3 Å². The molecule has 0 saturated carbocycles. The summed E-state index contributed by atoms with van der Waals surface area (Å²) in [7, 11) is 1.84. The summed E-state index contributed by atoms with van der Waals surface area (Å²) < 4.78 is 1.70. The predicted octanol–water partition coefficient (Wildman–Crippen LogP) is 1.75. The Morgan fingerprint density at radius 2 is 2.17 bits per heavy atom. The molecule has 2 aliphatic heterocycles. The first-order chi connectivity index (χ1) is 11.1. The van der Waals surface area contributed by atoms with Gasteiger partial charge in [0.25, 0.3) is 5.91 Å². The van der Waals surface area contributed by atoms with Crippen molar-refractivity contribution in [1.29, 1.82) is 0 Å². The number of amides is 2. The molecule has 1 atom stereocenters. The van der Waals surface area contributed by atoms with Gasteiger partial charge in [-0.15, -0.1) is 0 Å². The fourth-order valence-corrected chi connectivity index (χ4v) is 4.24. The maximum absolute atomic E-state index is 12.9. The molecule has 0 aliphatic carbocycles. The number of rotatable bonds is 2. The van der Waals surface area contributed by atoms with Gasteiger partial charge >= 0.3 is 0 Å². The van der Waals surface area contributed by atoms with Crippen LogP contribution in [0.3, 0.4) is 0 Å². The van der Waals surface area contributed by atoms with Gasteiger partial charge in [0, 0.05) is 38.3 Å². The van der Waals surface area contributed by atoms with E-state index in [-0.39, 0.29) is 11.8 Å². The molecule has 0 radical (unpaired) electrons. The molecule has 23 heavy (non-hydrogen) atoms. The number of hydrogen-bond acceptors (Lipinski definition) is 4. The van der Waals surface area contributed by atoms with Crippen molar-refractivity contribution in [3.05, 3.63) is 34.8 Å². The molecule has 0 bridgehead atoms. The molecule has 2 aromatic heterocycles. The van der Waals surface area contributed by atoms with Crippen LogP contribution in [0.4, 0.5) is 5.69 Å². The Morgan fingerprint density at radius 3 is 2.87 bits per heavy atom. The van der Waals surface area contributed by atoms with Crippen LogP contribution >= 0.6 is 11.3 Å². The van der Waals surface area contributed by atoms with E-state index >= 15 is 0 Å². The quantitative estimate of drug-likeness (QED) is 0.843. The average molecular weight is 330 g/mol. The largest absolute Gasteiger partial charge is 0.338 e. The molecule has 2 saturated heterocycles. The van der Waals surface area contributed by atoms with Crippen molar-refractivity contribution in [3.63, 3.8) is 0 Å². The SMILES string of the molecule is Cn1cc(N2CC[C@@]3(CCN(C(=O)c4ccsc4)C3)C2=O)cn1. The van der Waals surface area contributed by atoms with Gasteiger partial charge in [-0.3, -0.25) is 14.3 Å². The Balaban J connectivity index is 1.52. The van der Waals surface area contributed by atoms with Crippen molar-refractivity contribution in [2.24, 2.45) is 12.5 Å². The number of likely N-dealkylation sites (tertiary alicyclic amines) is 1. The minimum atomic E-state index is -0.415. The fourth-order valence-electron chi connectivity index (χ4n) is 3.61. The predicted molar refractivity (Wildman–Crippen MR) is 87.5 cm³/mol. The number of carbonyl (C=O) groups is 2. The standard InChI is InChI=1S/C16H18N4O2S/c1-18-9-13(8-17-18)20-6-4-16(15(20)22)3-5-19(11-16)14(21)12-2-7-23-10-12/h2,7-10H,3-6,11H2,1H3/t16-/m1/s1. The van der Waals surface area contributed by atoms with Crippen molar-refractivity contribution in [1.82, 2.24) is 14.7 Å². The van der Waals surface area contributed by atoms with Crippen LogP contribution in [0.5, 0.6) is 0 Å². The zero-order valence-corrected chi connectivity index (χ0v) is 13.8. The first-order valence-corrected chi connectivity index (χ1v) is 8.65. The number of thiophene rings is 1. The van der Waals surface area contributed by atoms with E-state index < -0.39 is 5.41 Å². The summed E-state index contributed by atoms with van der Waals surface area (Å²) in [6.45, 7) is 1.88. The van der Waals surface area contributed by atoms with E-state index in [2.05, 4.69) is 5.10 Å². The first kappa shape index (κ1) is 14.4. The van der Waals surface area contributed by atoms with Crippen molar-refractivity contribution in [3.8, 4) is 0 Å². The van der Waals surface area contributed by atoms with Gasteiger partial charge in [0.2, 0.25) is 5.91 Å². The highest BCUT2D eigenvalue weighted by atomic mass is 32.1. The molecule has 0 unspecified atom stereocenters. The lowest BCUT2D eigenvalue weighted by atomic mass is 9.85. The molecule has 1 spiro atoms. The highest BCUT2D eigenvalue weighted by molar-refractivity contribution is 7.08. The van der Waals surface area contributed by atoms with Crippen molar-refractivity contribution in [2.45, 2.75) is 12.8 Å². The van der Waals surface area contributed by atoms with Crippen LogP contribution in [0.25, 0.3) is 0 Å². The normalized spacial score (nSPS) is 24.1. The maximum Gasteiger partial charge on any atom is 0.254 e. The number of aryl methyl sites for hydroxylation is 1. The third-order valence-electron chi connectivity index (χ3n) is 4.92. The summed E-state index contributed by atoms with van der Waals surface area (Å²) in [5.74, 6) is 0.168. The zero-order valence-electron chi connectivity index (χ0n) is 12.9. The van der Waals surface area contributed by atoms with Gasteiger partial charge in [-0.25, -0.2) is 0 Å². The number of nitrogens with zero attached hydrogens (tertiary/aromatic N) is 4. The highest BCUT2D eigenvalue weighted by Gasteiger charge is 2.52. The Morgan fingerprint density at radius 1 is 1.35 bits per heavy atom. The van der Waals surface area contributed by atoms with Gasteiger partial charge in [0.15, 0.2) is 0 Å². The average Bonchev–Trinajstić information content (AvgIpc) is 3.30. The van der Waals surface area contributed by atoms with Crippen LogP contribution in [-0.2, 0) is 11.8 Å². The first-order valence-electron chi connectivity index (χ1n) is 7.71. The van der Waals surface area contributed by atoms with E-state index in [1.165, 1.54) is 11.3 Å². The summed E-state index contributed by atoms with van der Waals surface area (Å²) in [6.07, 6.45) is 5.13. The van der Waals surface area contributed by atoms with Crippen molar-refractivity contribution < 1.29 is 9.59 Å².